The number of benzene rings is 1. The molecular formula is C17H15ClN2OS2. The van der Waals surface area contributed by atoms with Gasteiger partial charge in [0.2, 0.25) is 0 Å². The number of thiophene rings is 1. The van der Waals surface area contributed by atoms with Gasteiger partial charge in [0.25, 0.3) is 5.56 Å². The second-order valence-corrected chi connectivity index (χ2v) is 7.77. The normalized spacial score (nSPS) is 14.2. The summed E-state index contributed by atoms with van der Waals surface area (Å²) in [5.74, 6) is 0. The third kappa shape index (κ3) is 2.30. The van der Waals surface area contributed by atoms with Crippen LogP contribution in [0.5, 0.6) is 0 Å². The summed E-state index contributed by atoms with van der Waals surface area (Å²) in [6, 6.07) is 5.55. The van der Waals surface area contributed by atoms with Gasteiger partial charge in [0, 0.05) is 9.90 Å². The molecule has 1 N–H and O–H groups in total. The number of nitrogens with one attached hydrogen (secondary N) is 1. The summed E-state index contributed by atoms with van der Waals surface area (Å²) in [7, 11) is 0. The number of rotatable bonds is 1. The van der Waals surface area contributed by atoms with Crippen LogP contribution in [0.15, 0.2) is 23.0 Å². The molecule has 0 spiro atoms. The maximum absolute atomic E-state index is 13.2. The lowest BCUT2D eigenvalue weighted by Gasteiger charge is -2.12. The summed E-state index contributed by atoms with van der Waals surface area (Å²) < 4.78 is 2.01. The van der Waals surface area contributed by atoms with E-state index in [1.165, 1.54) is 16.9 Å². The molecule has 0 atom stereocenters. The van der Waals surface area contributed by atoms with Crippen molar-refractivity contribution in [2.45, 2.75) is 32.6 Å². The lowest BCUT2D eigenvalue weighted by atomic mass is 9.97. The van der Waals surface area contributed by atoms with Crippen LogP contribution in [0.4, 0.5) is 0 Å². The van der Waals surface area contributed by atoms with E-state index in [1.807, 2.05) is 25.1 Å². The van der Waals surface area contributed by atoms with Crippen molar-refractivity contribution < 1.29 is 0 Å². The molecule has 0 amide bonds. The number of aromatic nitrogens is 2. The summed E-state index contributed by atoms with van der Waals surface area (Å²) in [4.78, 5) is 18.7. The predicted octanol–water partition coefficient (Wildman–Crippen LogP) is 4.95. The second-order valence-electron chi connectivity index (χ2n) is 5.87. The average molecular weight is 363 g/mol. The molecule has 0 fully saturated rings. The minimum absolute atomic E-state index is 0.0338. The highest BCUT2D eigenvalue weighted by atomic mass is 35.5. The van der Waals surface area contributed by atoms with Crippen LogP contribution in [0.3, 0.4) is 0 Å². The molecule has 6 heteroatoms. The molecule has 118 valence electrons. The van der Waals surface area contributed by atoms with Crippen LogP contribution in [0, 0.1) is 11.7 Å². The molecular weight excluding hydrogens is 348 g/mol. The van der Waals surface area contributed by atoms with Gasteiger partial charge in [0.05, 0.1) is 11.1 Å². The monoisotopic (exact) mass is 362 g/mol. The Balaban J connectivity index is 2.10. The summed E-state index contributed by atoms with van der Waals surface area (Å²) in [5.41, 5.74) is 2.79. The maximum Gasteiger partial charge on any atom is 0.267 e. The van der Waals surface area contributed by atoms with Crippen molar-refractivity contribution in [2.24, 2.45) is 0 Å². The van der Waals surface area contributed by atoms with Crippen LogP contribution in [0.1, 0.15) is 28.8 Å². The van der Waals surface area contributed by atoms with Crippen LogP contribution in [0.2, 0.25) is 5.02 Å². The Morgan fingerprint density at radius 1 is 1.30 bits per heavy atom. The standard InChI is InChI=1S/C17H15ClN2OS2/c1-9-11(18)6-4-7-12(9)20-16(21)14-10-5-2-3-8-13(10)23-15(14)19-17(20)22/h4,6-7H,2-3,5,8H2,1H3,(H,19,22). The quantitative estimate of drug-likeness (QED) is 0.622. The molecule has 23 heavy (non-hydrogen) atoms. The molecule has 0 saturated heterocycles. The molecule has 1 aromatic carbocycles. The van der Waals surface area contributed by atoms with Gasteiger partial charge in [-0.1, -0.05) is 17.7 Å². The van der Waals surface area contributed by atoms with Crippen molar-refractivity contribution in [3.63, 3.8) is 0 Å². The molecule has 2 heterocycles. The van der Waals surface area contributed by atoms with Gasteiger partial charge in [0.15, 0.2) is 4.77 Å². The summed E-state index contributed by atoms with van der Waals surface area (Å²) in [6.45, 7) is 1.91. The Morgan fingerprint density at radius 3 is 2.91 bits per heavy atom. The molecule has 4 rings (SSSR count). The Labute approximate surface area is 147 Å². The Bertz CT molecular complexity index is 1050. The molecule has 1 aliphatic carbocycles. The predicted molar refractivity (Wildman–Crippen MR) is 99.0 cm³/mol. The summed E-state index contributed by atoms with van der Waals surface area (Å²) in [6.07, 6.45) is 4.38. The van der Waals surface area contributed by atoms with Crippen molar-refractivity contribution in [3.05, 3.63) is 54.4 Å². The van der Waals surface area contributed by atoms with Gasteiger partial charge >= 0.3 is 0 Å². The van der Waals surface area contributed by atoms with Crippen LogP contribution in [-0.2, 0) is 12.8 Å². The van der Waals surface area contributed by atoms with Crippen LogP contribution >= 0.6 is 35.2 Å². The zero-order chi connectivity index (χ0) is 16.1. The number of aryl methyl sites for hydroxylation is 2. The largest absolute Gasteiger partial charge is 0.323 e. The van der Waals surface area contributed by atoms with Crippen molar-refractivity contribution in [3.8, 4) is 5.69 Å². The van der Waals surface area contributed by atoms with Gasteiger partial charge in [-0.05, 0) is 68.1 Å². The third-order valence-electron chi connectivity index (χ3n) is 4.49. The number of fused-ring (bicyclic) bond motifs is 3. The van der Waals surface area contributed by atoms with Crippen LogP contribution in [-0.4, -0.2) is 9.55 Å². The molecule has 1 aliphatic rings. The Hall–Kier alpha value is -1.43. The smallest absolute Gasteiger partial charge is 0.267 e. The molecule has 0 unspecified atom stereocenters. The summed E-state index contributed by atoms with van der Waals surface area (Å²) >= 11 is 13.4. The number of hydrogen-bond donors (Lipinski definition) is 1. The zero-order valence-electron chi connectivity index (χ0n) is 12.6. The van der Waals surface area contributed by atoms with E-state index in [1.54, 1.807) is 15.9 Å². The highest BCUT2D eigenvalue weighted by Gasteiger charge is 2.21. The molecule has 0 saturated carbocycles. The van der Waals surface area contributed by atoms with E-state index < -0.39 is 0 Å². The number of halogens is 1. The van der Waals surface area contributed by atoms with Gasteiger partial charge in [0.1, 0.15) is 4.83 Å². The fourth-order valence-corrected chi connectivity index (χ4v) is 5.09. The second kappa shape index (κ2) is 5.58. The van der Waals surface area contributed by atoms with E-state index in [0.29, 0.717) is 9.79 Å². The molecule has 0 bridgehead atoms. The minimum atomic E-state index is -0.0338. The highest BCUT2D eigenvalue weighted by Crippen LogP contribution is 2.34. The maximum atomic E-state index is 13.2. The number of H-pyrrole nitrogens is 1. The van der Waals surface area contributed by atoms with Crippen LogP contribution in [0.25, 0.3) is 15.9 Å². The van der Waals surface area contributed by atoms with Gasteiger partial charge < -0.3 is 4.98 Å². The Kier molecular flexibility index (Phi) is 3.67. The fourth-order valence-electron chi connectivity index (χ4n) is 3.29. The number of nitrogens with zero attached hydrogens (tertiary/aromatic N) is 1. The van der Waals surface area contributed by atoms with Gasteiger partial charge in [-0.2, -0.15) is 0 Å². The molecule has 0 radical (unpaired) electrons. The number of hydrogen-bond acceptors (Lipinski definition) is 3. The first-order valence-corrected chi connectivity index (χ1v) is 9.23. The van der Waals surface area contributed by atoms with Gasteiger partial charge in [-0.25, -0.2) is 0 Å². The summed E-state index contributed by atoms with van der Waals surface area (Å²) in [5, 5.41) is 1.44. The van der Waals surface area contributed by atoms with Gasteiger partial charge in [-0.3, -0.25) is 9.36 Å². The molecule has 0 aliphatic heterocycles. The lowest BCUT2D eigenvalue weighted by molar-refractivity contribution is 0.699. The first-order valence-electron chi connectivity index (χ1n) is 7.63. The Morgan fingerprint density at radius 2 is 2.09 bits per heavy atom. The molecule has 3 nitrogen and oxygen atoms in total. The van der Waals surface area contributed by atoms with Crippen molar-refractivity contribution in [2.75, 3.05) is 0 Å². The van der Waals surface area contributed by atoms with Crippen molar-refractivity contribution in [1.29, 1.82) is 0 Å². The minimum Gasteiger partial charge on any atom is -0.323 e. The SMILES string of the molecule is Cc1c(Cl)cccc1-n1c(=S)[nH]c2sc3c(c2c1=O)CCCC3. The average Bonchev–Trinajstić information content (AvgIpc) is 2.89. The highest BCUT2D eigenvalue weighted by molar-refractivity contribution is 7.71. The van der Waals surface area contributed by atoms with E-state index in [9.17, 15) is 4.79 Å². The van der Waals surface area contributed by atoms with E-state index in [-0.39, 0.29) is 5.56 Å². The van der Waals surface area contributed by atoms with E-state index >= 15 is 0 Å². The van der Waals surface area contributed by atoms with Crippen molar-refractivity contribution >= 4 is 45.4 Å². The van der Waals surface area contributed by atoms with E-state index in [2.05, 4.69) is 4.98 Å². The van der Waals surface area contributed by atoms with Gasteiger partial charge in [-0.15, -0.1) is 11.3 Å². The van der Waals surface area contributed by atoms with Crippen molar-refractivity contribution in [1.82, 2.24) is 9.55 Å². The molecule has 3 aromatic rings. The lowest BCUT2D eigenvalue weighted by Crippen LogP contribution is -2.21. The first kappa shape index (κ1) is 15.1. The molecule has 2 aromatic heterocycles. The van der Waals surface area contributed by atoms with Crippen LogP contribution < -0.4 is 5.56 Å². The number of aromatic amines is 1. The topological polar surface area (TPSA) is 37.8 Å². The van der Waals surface area contributed by atoms with E-state index in [4.69, 9.17) is 23.8 Å². The fraction of sp³-hybridized carbons (Fsp3) is 0.294. The zero-order valence-corrected chi connectivity index (χ0v) is 15.0. The van der Waals surface area contributed by atoms with E-state index in [0.717, 1.165) is 40.7 Å². The first-order chi connectivity index (χ1) is 11.1. The third-order valence-corrected chi connectivity index (χ3v) is 6.39.